The molecule has 0 atom stereocenters. The molecule has 0 unspecified atom stereocenters. The van der Waals surface area contributed by atoms with E-state index in [1.54, 1.807) is 12.1 Å². The lowest BCUT2D eigenvalue weighted by Crippen LogP contribution is -2.34. The third-order valence-corrected chi connectivity index (χ3v) is 3.86. The van der Waals surface area contributed by atoms with Crippen LogP contribution < -0.4 is 10.1 Å². The molecule has 0 radical (unpaired) electrons. The quantitative estimate of drug-likeness (QED) is 0.514. The Bertz CT molecular complexity index is 933. The molecule has 0 aliphatic heterocycles. The minimum absolute atomic E-state index is 0.0311. The molecule has 0 fully saturated rings. The molecule has 0 spiro atoms. The highest BCUT2D eigenvalue weighted by Crippen LogP contribution is 2.22. The zero-order valence-electron chi connectivity index (χ0n) is 14.5. The second-order valence-corrected chi connectivity index (χ2v) is 6.23. The number of ether oxygens (including phenoxy) is 2. The molecule has 1 N–H and O–H groups in total. The predicted molar refractivity (Wildman–Crippen MR) is 102 cm³/mol. The van der Waals surface area contributed by atoms with Gasteiger partial charge in [0.1, 0.15) is 5.75 Å². The fourth-order valence-electron chi connectivity index (χ4n) is 2.00. The minimum atomic E-state index is -2.99. The number of alkyl halides is 2. The van der Waals surface area contributed by atoms with Gasteiger partial charge in [-0.15, -0.1) is 0 Å². The summed E-state index contributed by atoms with van der Waals surface area (Å²) < 4.78 is 33.0. The molecule has 2 amide bonds. The Morgan fingerprint density at radius 1 is 1.07 bits per heavy atom. The van der Waals surface area contributed by atoms with Crippen LogP contribution in [0.15, 0.2) is 48.5 Å². The van der Waals surface area contributed by atoms with Gasteiger partial charge in [-0.05, 0) is 48.0 Å². The van der Waals surface area contributed by atoms with Crippen LogP contribution in [0.25, 0.3) is 6.08 Å². The van der Waals surface area contributed by atoms with Gasteiger partial charge < -0.3 is 9.47 Å². The molecular weight excluding hydrogens is 431 g/mol. The summed E-state index contributed by atoms with van der Waals surface area (Å²) >= 11 is 11.7. The summed E-state index contributed by atoms with van der Waals surface area (Å²) in [5.41, 5.74) is 0.551. The van der Waals surface area contributed by atoms with E-state index in [0.717, 1.165) is 18.2 Å². The van der Waals surface area contributed by atoms with E-state index in [0.29, 0.717) is 15.6 Å². The Hall–Kier alpha value is -2.97. The molecule has 6 nitrogen and oxygen atoms in total. The zero-order valence-corrected chi connectivity index (χ0v) is 16.0. The van der Waals surface area contributed by atoms with Crippen molar-refractivity contribution < 1.29 is 32.6 Å². The Morgan fingerprint density at radius 3 is 2.38 bits per heavy atom. The summed E-state index contributed by atoms with van der Waals surface area (Å²) in [6, 6.07) is 9.38. The highest BCUT2D eigenvalue weighted by atomic mass is 35.5. The van der Waals surface area contributed by atoms with Crippen molar-refractivity contribution in [3.8, 4) is 5.75 Å². The average molecular weight is 444 g/mol. The number of rotatable bonds is 7. The van der Waals surface area contributed by atoms with Crippen molar-refractivity contribution in [3.63, 3.8) is 0 Å². The maximum absolute atomic E-state index is 12.1. The van der Waals surface area contributed by atoms with Gasteiger partial charge in [0.25, 0.3) is 11.8 Å². The lowest BCUT2D eigenvalue weighted by atomic mass is 10.2. The van der Waals surface area contributed by atoms with Crippen LogP contribution in [0.5, 0.6) is 5.75 Å². The third kappa shape index (κ3) is 7.52. The zero-order chi connectivity index (χ0) is 21.4. The van der Waals surface area contributed by atoms with E-state index in [4.69, 9.17) is 27.9 Å². The van der Waals surface area contributed by atoms with Crippen molar-refractivity contribution in [1.82, 2.24) is 5.32 Å². The van der Waals surface area contributed by atoms with E-state index < -0.39 is 31.0 Å². The topological polar surface area (TPSA) is 81.7 Å². The van der Waals surface area contributed by atoms with E-state index >= 15 is 0 Å². The first-order valence-electron chi connectivity index (χ1n) is 7.93. The molecule has 0 saturated heterocycles. The van der Waals surface area contributed by atoms with Crippen LogP contribution in [0.3, 0.4) is 0 Å². The normalized spacial score (nSPS) is 10.8. The monoisotopic (exact) mass is 443 g/mol. The lowest BCUT2D eigenvalue weighted by molar-refractivity contribution is -0.143. The summed E-state index contributed by atoms with van der Waals surface area (Å²) in [4.78, 5) is 35.3. The molecule has 0 heterocycles. The van der Waals surface area contributed by atoms with Gasteiger partial charge in [0.15, 0.2) is 6.61 Å². The van der Waals surface area contributed by atoms with Crippen molar-refractivity contribution in [1.29, 1.82) is 0 Å². The van der Waals surface area contributed by atoms with Crippen LogP contribution in [0, 0.1) is 0 Å². The maximum Gasteiger partial charge on any atom is 0.387 e. The number of esters is 1. The lowest BCUT2D eigenvalue weighted by Gasteiger charge is -2.06. The van der Waals surface area contributed by atoms with Crippen LogP contribution in [-0.4, -0.2) is 31.0 Å². The Kier molecular flexibility index (Phi) is 8.11. The summed E-state index contributed by atoms with van der Waals surface area (Å²) in [6.45, 7) is -3.69. The number of halogens is 4. The van der Waals surface area contributed by atoms with Gasteiger partial charge in [-0.25, -0.2) is 4.79 Å². The average Bonchev–Trinajstić information content (AvgIpc) is 2.65. The van der Waals surface area contributed by atoms with Gasteiger partial charge in [-0.3, -0.25) is 14.9 Å². The number of imide groups is 1. The molecule has 10 heteroatoms. The fourth-order valence-corrected chi connectivity index (χ4v) is 2.47. The van der Waals surface area contributed by atoms with Crippen molar-refractivity contribution in [2.75, 3.05) is 6.61 Å². The number of benzene rings is 2. The van der Waals surface area contributed by atoms with E-state index in [2.05, 4.69) is 4.74 Å². The molecule has 0 saturated carbocycles. The molecule has 0 aromatic heterocycles. The summed E-state index contributed by atoms with van der Waals surface area (Å²) in [7, 11) is 0. The number of hydrogen-bond donors (Lipinski definition) is 1. The van der Waals surface area contributed by atoms with Crippen molar-refractivity contribution in [3.05, 3.63) is 69.7 Å². The van der Waals surface area contributed by atoms with Gasteiger partial charge in [0.2, 0.25) is 0 Å². The second kappa shape index (κ2) is 10.5. The number of carbonyl (C=O) groups is 3. The van der Waals surface area contributed by atoms with E-state index in [-0.39, 0.29) is 11.3 Å². The summed E-state index contributed by atoms with van der Waals surface area (Å²) in [6.07, 6.45) is 2.44. The highest BCUT2D eigenvalue weighted by Gasteiger charge is 2.13. The fraction of sp³-hybridized carbons (Fsp3) is 0.105. The van der Waals surface area contributed by atoms with E-state index in [1.165, 1.54) is 24.3 Å². The standard InChI is InChI=1S/C19H13Cl2F2NO5/c20-13-5-1-11(15(21)9-13)4-8-17(26)28-10-16(25)24-18(27)12-2-6-14(7-3-12)29-19(22)23/h1-9,19H,10H2,(H,24,25,27). The Balaban J connectivity index is 1.81. The number of nitrogens with one attached hydrogen (secondary N) is 1. The van der Waals surface area contributed by atoms with E-state index in [1.807, 2.05) is 5.32 Å². The van der Waals surface area contributed by atoms with Gasteiger partial charge in [0.05, 0.1) is 0 Å². The Labute approximate surface area is 174 Å². The molecule has 29 heavy (non-hydrogen) atoms. The number of hydrogen-bond acceptors (Lipinski definition) is 5. The molecule has 2 aromatic rings. The minimum Gasteiger partial charge on any atom is -0.452 e. The molecule has 0 aliphatic rings. The maximum atomic E-state index is 12.1. The van der Waals surface area contributed by atoms with Crippen molar-refractivity contribution in [2.24, 2.45) is 0 Å². The SMILES string of the molecule is O=C(COC(=O)C=Cc1ccc(Cl)cc1Cl)NC(=O)c1ccc(OC(F)F)cc1. The van der Waals surface area contributed by atoms with Gasteiger partial charge in [-0.2, -0.15) is 8.78 Å². The molecule has 2 aromatic carbocycles. The van der Waals surface area contributed by atoms with Gasteiger partial charge in [0, 0.05) is 21.7 Å². The van der Waals surface area contributed by atoms with Crippen LogP contribution in [0.2, 0.25) is 10.0 Å². The van der Waals surface area contributed by atoms with Crippen molar-refractivity contribution >= 4 is 47.1 Å². The summed E-state index contributed by atoms with van der Waals surface area (Å²) in [5, 5.41) is 2.76. The van der Waals surface area contributed by atoms with Gasteiger partial charge >= 0.3 is 12.6 Å². The largest absolute Gasteiger partial charge is 0.452 e. The number of carbonyl (C=O) groups excluding carboxylic acids is 3. The smallest absolute Gasteiger partial charge is 0.387 e. The van der Waals surface area contributed by atoms with Crippen molar-refractivity contribution in [2.45, 2.75) is 6.61 Å². The molecule has 152 valence electrons. The van der Waals surface area contributed by atoms with Crippen LogP contribution in [-0.2, 0) is 14.3 Å². The first-order valence-corrected chi connectivity index (χ1v) is 8.69. The second-order valence-electron chi connectivity index (χ2n) is 5.39. The molecular formula is C19H13Cl2F2NO5. The number of amides is 2. The first-order chi connectivity index (χ1) is 13.7. The van der Waals surface area contributed by atoms with Crippen LogP contribution in [0.1, 0.15) is 15.9 Å². The summed E-state index contributed by atoms with van der Waals surface area (Å²) in [5.74, 6) is -2.62. The Morgan fingerprint density at radius 2 is 1.76 bits per heavy atom. The van der Waals surface area contributed by atoms with Crippen LogP contribution >= 0.6 is 23.2 Å². The first kappa shape index (κ1) is 22.3. The van der Waals surface area contributed by atoms with Crippen LogP contribution in [0.4, 0.5) is 8.78 Å². The highest BCUT2D eigenvalue weighted by molar-refractivity contribution is 6.35. The van der Waals surface area contributed by atoms with E-state index in [9.17, 15) is 23.2 Å². The van der Waals surface area contributed by atoms with Gasteiger partial charge in [-0.1, -0.05) is 29.3 Å². The molecule has 2 rings (SSSR count). The third-order valence-electron chi connectivity index (χ3n) is 3.30. The predicted octanol–water partition coefficient (Wildman–Crippen LogP) is 4.11. The molecule has 0 aliphatic carbocycles. The molecule has 0 bridgehead atoms.